The van der Waals surface area contributed by atoms with Gasteiger partial charge in [-0.25, -0.2) is 14.8 Å². The number of unbranched alkanes of at least 4 members (excludes halogenated alkanes) is 4. The van der Waals surface area contributed by atoms with Gasteiger partial charge in [0.15, 0.2) is 0 Å². The van der Waals surface area contributed by atoms with Gasteiger partial charge in [-0.3, -0.25) is 9.59 Å². The smallest absolute Gasteiger partial charge is 0.332 e. The van der Waals surface area contributed by atoms with E-state index in [9.17, 15) is 14.4 Å². The van der Waals surface area contributed by atoms with Crippen molar-refractivity contribution in [2.75, 3.05) is 20.3 Å². The molecule has 11 heteroatoms. The van der Waals surface area contributed by atoms with E-state index in [1.807, 2.05) is 35.7 Å². The van der Waals surface area contributed by atoms with Crippen LogP contribution in [0.4, 0.5) is 0 Å². The number of hydrogen-bond acceptors (Lipinski definition) is 9. The summed E-state index contributed by atoms with van der Waals surface area (Å²) < 4.78 is 17.5. The molecule has 1 aliphatic heterocycles. The highest BCUT2D eigenvalue weighted by atomic mass is 32.1. The van der Waals surface area contributed by atoms with Crippen molar-refractivity contribution in [2.24, 2.45) is 5.92 Å². The van der Waals surface area contributed by atoms with Gasteiger partial charge < -0.3 is 24.4 Å². The van der Waals surface area contributed by atoms with Gasteiger partial charge in [0.05, 0.1) is 31.5 Å². The zero-order chi connectivity index (χ0) is 35.1. The van der Waals surface area contributed by atoms with Crippen LogP contribution >= 0.6 is 11.3 Å². The van der Waals surface area contributed by atoms with E-state index in [0.29, 0.717) is 35.6 Å². The maximum absolute atomic E-state index is 14.0. The summed E-state index contributed by atoms with van der Waals surface area (Å²) in [4.78, 5) is 52.0. The molecule has 3 heterocycles. The minimum atomic E-state index is -1.16. The zero-order valence-electron chi connectivity index (χ0n) is 29.0. The van der Waals surface area contributed by atoms with E-state index in [1.165, 1.54) is 11.3 Å². The summed E-state index contributed by atoms with van der Waals surface area (Å²) in [6, 6.07) is 6.69. The van der Waals surface area contributed by atoms with Gasteiger partial charge in [-0.15, -0.1) is 24.5 Å². The number of carbonyl (C=O) groups excluding carboxylic acids is 3. The lowest BCUT2D eigenvalue weighted by Gasteiger charge is -2.26. The first-order valence-electron chi connectivity index (χ1n) is 17.3. The van der Waals surface area contributed by atoms with E-state index >= 15 is 0 Å². The number of thiazole rings is 1. The molecule has 1 aliphatic carbocycles. The molecule has 2 aliphatic rings. The fourth-order valence-electron chi connectivity index (χ4n) is 6.39. The molecule has 2 fully saturated rings. The number of pyridine rings is 1. The van der Waals surface area contributed by atoms with Crippen molar-refractivity contribution in [3.05, 3.63) is 60.6 Å². The molecule has 4 atom stereocenters. The largest absolute Gasteiger partial charge is 0.497 e. The number of allylic oxidation sites excluding steroid dienone is 1. The summed E-state index contributed by atoms with van der Waals surface area (Å²) in [6.07, 6.45) is 8.74. The number of nitrogens with one attached hydrogen (secondary N) is 1. The molecule has 49 heavy (non-hydrogen) atoms. The van der Waals surface area contributed by atoms with Gasteiger partial charge in [-0.05, 0) is 50.7 Å². The number of likely N-dealkylation sites (tertiary alicyclic amines) is 1. The van der Waals surface area contributed by atoms with Crippen LogP contribution < -0.4 is 14.8 Å². The predicted octanol–water partition coefficient (Wildman–Crippen LogP) is 6.99. The molecular weight excluding hydrogens is 641 g/mol. The summed E-state index contributed by atoms with van der Waals surface area (Å²) in [7, 11) is 1.61. The number of methoxy groups -OCH3 is 1. The van der Waals surface area contributed by atoms with E-state index in [2.05, 4.69) is 32.3 Å². The third-order valence-corrected chi connectivity index (χ3v) is 10.2. The van der Waals surface area contributed by atoms with Crippen molar-refractivity contribution >= 4 is 40.0 Å². The lowest BCUT2D eigenvalue weighted by Crippen LogP contribution is -2.53. The summed E-state index contributed by atoms with van der Waals surface area (Å²) in [6.45, 7) is 14.0. The second-order valence-corrected chi connectivity index (χ2v) is 14.0. The highest BCUT2D eigenvalue weighted by molar-refractivity contribution is 7.13. The molecule has 2 amide bonds. The van der Waals surface area contributed by atoms with E-state index in [-0.39, 0.29) is 37.3 Å². The van der Waals surface area contributed by atoms with Gasteiger partial charge in [0.2, 0.25) is 11.8 Å². The second kappa shape index (κ2) is 16.0. The standard InChI is InChI=1S/C38H48N4O6S/c1-7-10-11-12-13-14-15-34(43)42-22-27(19-32(42)35(44)41-38(21-25(38)8-2)37(45)47-9-3)48-33-20-30(36-40-31(23-49-36)24(4)5)39-29-18-26(46-6)16-17-28(29)33/h7-8,16-18,20,23-25,27,32H,1-2,9-15,19,21-22H2,3-6H3,(H,41,44)/t25-,27-,32+,38-/m1/s1. The Morgan fingerprint density at radius 1 is 1.14 bits per heavy atom. The first-order valence-corrected chi connectivity index (χ1v) is 18.1. The van der Waals surface area contributed by atoms with Gasteiger partial charge in [0.25, 0.3) is 0 Å². The van der Waals surface area contributed by atoms with Crippen LogP contribution in [0.15, 0.2) is 55.0 Å². The molecule has 1 saturated carbocycles. The Morgan fingerprint density at radius 2 is 1.94 bits per heavy atom. The van der Waals surface area contributed by atoms with E-state index in [1.54, 1.807) is 25.0 Å². The minimum absolute atomic E-state index is 0.106. The molecule has 0 radical (unpaired) electrons. The Morgan fingerprint density at radius 3 is 2.61 bits per heavy atom. The lowest BCUT2D eigenvalue weighted by molar-refractivity contribution is -0.150. The lowest BCUT2D eigenvalue weighted by atomic mass is 10.1. The first kappa shape index (κ1) is 36.0. The average molecular weight is 689 g/mol. The Kier molecular flexibility index (Phi) is 11.7. The second-order valence-electron chi connectivity index (χ2n) is 13.1. The Hall–Kier alpha value is -4.25. The molecule has 2 aromatic heterocycles. The van der Waals surface area contributed by atoms with E-state index < -0.39 is 29.6 Å². The fourth-order valence-corrected chi connectivity index (χ4v) is 7.33. The SMILES string of the molecule is C=CCCCCCCC(=O)N1C[C@H](Oc2cc(-c3nc(C(C)C)cs3)nc3cc(OC)ccc23)C[C@H]1C(=O)N[C@]1(C(=O)OCC)C[C@H]1C=C. The van der Waals surface area contributed by atoms with Crippen LogP contribution in [0, 0.1) is 5.92 Å². The third-order valence-electron chi connectivity index (χ3n) is 9.33. The van der Waals surface area contributed by atoms with Crippen LogP contribution in [0.25, 0.3) is 21.6 Å². The molecule has 3 aromatic rings. The quantitative estimate of drug-likeness (QED) is 0.0916. The number of benzene rings is 1. The highest BCUT2D eigenvalue weighted by Crippen LogP contribution is 2.46. The number of ether oxygens (including phenoxy) is 3. The predicted molar refractivity (Wildman–Crippen MR) is 192 cm³/mol. The van der Waals surface area contributed by atoms with Crippen LogP contribution in [0.1, 0.15) is 83.7 Å². The number of rotatable bonds is 17. The first-order chi connectivity index (χ1) is 23.6. The number of amides is 2. The van der Waals surface area contributed by atoms with Gasteiger partial charge in [0.1, 0.15) is 39.9 Å². The van der Waals surface area contributed by atoms with Crippen molar-refractivity contribution in [1.29, 1.82) is 0 Å². The van der Waals surface area contributed by atoms with Crippen LogP contribution in [0.2, 0.25) is 0 Å². The topological polar surface area (TPSA) is 120 Å². The van der Waals surface area contributed by atoms with Crippen molar-refractivity contribution in [2.45, 2.75) is 95.7 Å². The number of hydrogen-bond donors (Lipinski definition) is 1. The van der Waals surface area contributed by atoms with Crippen molar-refractivity contribution in [1.82, 2.24) is 20.2 Å². The van der Waals surface area contributed by atoms with Crippen LogP contribution in [0.3, 0.4) is 0 Å². The molecule has 0 bridgehead atoms. The third kappa shape index (κ3) is 8.15. The number of nitrogens with zero attached hydrogens (tertiary/aromatic N) is 3. The van der Waals surface area contributed by atoms with Crippen LogP contribution in [0.5, 0.6) is 11.5 Å². The van der Waals surface area contributed by atoms with E-state index in [4.69, 9.17) is 24.2 Å². The maximum atomic E-state index is 14.0. The highest BCUT2D eigenvalue weighted by Gasteiger charge is 2.62. The Bertz CT molecular complexity index is 1690. The molecule has 1 saturated heterocycles. The Labute approximate surface area is 292 Å². The zero-order valence-corrected chi connectivity index (χ0v) is 29.9. The van der Waals surface area contributed by atoms with Crippen molar-refractivity contribution < 1.29 is 28.6 Å². The normalized spacial score (nSPS) is 21.4. The maximum Gasteiger partial charge on any atom is 0.332 e. The Balaban J connectivity index is 1.41. The van der Waals surface area contributed by atoms with Gasteiger partial charge in [-0.2, -0.15) is 0 Å². The number of carbonyl (C=O) groups is 3. The molecular formula is C38H48N4O6S. The van der Waals surface area contributed by atoms with Crippen molar-refractivity contribution in [3.63, 3.8) is 0 Å². The number of aromatic nitrogens is 2. The molecule has 10 nitrogen and oxygen atoms in total. The molecule has 1 aromatic carbocycles. The fraction of sp³-hybridized carbons (Fsp3) is 0.500. The van der Waals surface area contributed by atoms with Gasteiger partial charge >= 0.3 is 5.97 Å². The monoisotopic (exact) mass is 688 g/mol. The van der Waals surface area contributed by atoms with E-state index in [0.717, 1.165) is 48.2 Å². The summed E-state index contributed by atoms with van der Waals surface area (Å²) in [5, 5.41) is 6.56. The molecule has 262 valence electrons. The van der Waals surface area contributed by atoms with Crippen LogP contribution in [-0.4, -0.2) is 70.6 Å². The molecule has 0 spiro atoms. The van der Waals surface area contributed by atoms with Crippen molar-refractivity contribution in [3.8, 4) is 22.2 Å². The summed E-state index contributed by atoms with van der Waals surface area (Å²) >= 11 is 1.53. The summed E-state index contributed by atoms with van der Waals surface area (Å²) in [5.41, 5.74) is 1.19. The van der Waals surface area contributed by atoms with Gasteiger partial charge in [-0.1, -0.05) is 38.8 Å². The average Bonchev–Trinajstić information content (AvgIpc) is 3.38. The summed E-state index contributed by atoms with van der Waals surface area (Å²) in [5.74, 6) is 0.315. The molecule has 0 unspecified atom stereocenters. The number of esters is 1. The van der Waals surface area contributed by atoms with Crippen LogP contribution in [-0.2, 0) is 19.1 Å². The molecule has 5 rings (SSSR count). The number of fused-ring (bicyclic) bond motifs is 1. The van der Waals surface area contributed by atoms with Gasteiger partial charge in [0, 0.05) is 41.7 Å². The molecule has 1 N–H and O–H groups in total. The minimum Gasteiger partial charge on any atom is -0.497 e.